The quantitative estimate of drug-likeness (QED) is 0.458. The van der Waals surface area contributed by atoms with Gasteiger partial charge in [0.15, 0.2) is 0 Å². The molecule has 0 saturated carbocycles. The molecule has 2 aromatic heterocycles. The molecule has 2 heterocycles. The van der Waals surface area contributed by atoms with E-state index in [2.05, 4.69) is 31.2 Å². The van der Waals surface area contributed by atoms with Crippen LogP contribution in [0.2, 0.25) is 0 Å². The maximum Gasteiger partial charge on any atom is 0.143 e. The molecule has 0 aliphatic rings. The molecule has 0 aliphatic heterocycles. The Morgan fingerprint density at radius 2 is 1.79 bits per heavy atom. The number of fused-ring (bicyclic) bond motifs is 1. The standard InChI is InChI=1S/C18H11BrFN3S/c19-14-3-1-2-4-15(14)23-17-16-13(9-24-18(16)22-10-21-17)11-5-7-12(20)8-6-11/h1-10H,(H,21,22,23). The Labute approximate surface area is 150 Å². The molecule has 0 radical (unpaired) electrons. The van der Waals surface area contributed by atoms with Crippen LogP contribution in [0, 0.1) is 5.82 Å². The molecule has 2 aromatic carbocycles. The lowest BCUT2D eigenvalue weighted by Gasteiger charge is -2.10. The number of nitrogens with zero attached hydrogens (tertiary/aromatic N) is 2. The van der Waals surface area contributed by atoms with Crippen molar-refractivity contribution >= 4 is 49.0 Å². The van der Waals surface area contributed by atoms with Gasteiger partial charge in [0.2, 0.25) is 0 Å². The Morgan fingerprint density at radius 1 is 1.00 bits per heavy atom. The SMILES string of the molecule is Fc1ccc(-c2csc3ncnc(Nc4ccccc4Br)c23)cc1. The van der Waals surface area contributed by atoms with E-state index in [9.17, 15) is 4.39 Å². The van der Waals surface area contributed by atoms with Crippen LogP contribution in [0.25, 0.3) is 21.3 Å². The van der Waals surface area contributed by atoms with Gasteiger partial charge >= 0.3 is 0 Å². The lowest BCUT2D eigenvalue weighted by atomic mass is 10.1. The normalized spacial score (nSPS) is 10.9. The lowest BCUT2D eigenvalue weighted by molar-refractivity contribution is 0.628. The summed E-state index contributed by atoms with van der Waals surface area (Å²) in [5.41, 5.74) is 2.85. The summed E-state index contributed by atoms with van der Waals surface area (Å²) in [5, 5.41) is 6.32. The van der Waals surface area contributed by atoms with Crippen molar-refractivity contribution < 1.29 is 4.39 Å². The minimum absolute atomic E-state index is 0.249. The summed E-state index contributed by atoms with van der Waals surface area (Å²) in [5.74, 6) is 0.480. The summed E-state index contributed by atoms with van der Waals surface area (Å²) in [6.45, 7) is 0. The van der Waals surface area contributed by atoms with Gasteiger partial charge in [0.05, 0.1) is 11.1 Å². The second-order valence-corrected chi connectivity index (χ2v) is 6.88. The third-order valence-electron chi connectivity index (χ3n) is 3.65. The zero-order chi connectivity index (χ0) is 16.5. The van der Waals surface area contributed by atoms with Crippen LogP contribution in [0.1, 0.15) is 0 Å². The number of thiophene rings is 1. The average Bonchev–Trinajstić information content (AvgIpc) is 3.03. The highest BCUT2D eigenvalue weighted by molar-refractivity contribution is 9.10. The topological polar surface area (TPSA) is 37.8 Å². The van der Waals surface area contributed by atoms with Crippen molar-refractivity contribution in [2.45, 2.75) is 0 Å². The van der Waals surface area contributed by atoms with Gasteiger partial charge in [-0.05, 0) is 45.8 Å². The minimum atomic E-state index is -0.249. The Balaban J connectivity index is 1.86. The number of rotatable bonds is 3. The molecule has 6 heteroatoms. The summed E-state index contributed by atoms with van der Waals surface area (Å²) in [4.78, 5) is 9.65. The second-order valence-electron chi connectivity index (χ2n) is 5.16. The first-order chi connectivity index (χ1) is 11.7. The van der Waals surface area contributed by atoms with E-state index >= 15 is 0 Å². The summed E-state index contributed by atoms with van der Waals surface area (Å²) in [6, 6.07) is 14.3. The number of anilines is 2. The van der Waals surface area contributed by atoms with Crippen LogP contribution in [0.3, 0.4) is 0 Å². The number of halogens is 2. The highest BCUT2D eigenvalue weighted by atomic mass is 79.9. The Kier molecular flexibility index (Phi) is 4.00. The smallest absolute Gasteiger partial charge is 0.143 e. The molecular weight excluding hydrogens is 389 g/mol. The van der Waals surface area contributed by atoms with Gasteiger partial charge in [-0.1, -0.05) is 24.3 Å². The zero-order valence-corrected chi connectivity index (χ0v) is 14.7. The lowest BCUT2D eigenvalue weighted by Crippen LogP contribution is -1.96. The Hall–Kier alpha value is -2.31. The van der Waals surface area contributed by atoms with E-state index in [-0.39, 0.29) is 5.82 Å². The molecule has 4 rings (SSSR count). The van der Waals surface area contributed by atoms with Crippen LogP contribution in [0.5, 0.6) is 0 Å². The fourth-order valence-corrected chi connectivity index (χ4v) is 3.80. The van der Waals surface area contributed by atoms with Crippen LogP contribution < -0.4 is 5.32 Å². The summed E-state index contributed by atoms with van der Waals surface area (Å²) >= 11 is 5.08. The van der Waals surface area contributed by atoms with E-state index in [4.69, 9.17) is 0 Å². The Morgan fingerprint density at radius 3 is 2.58 bits per heavy atom. The van der Waals surface area contributed by atoms with Gasteiger partial charge in [-0.2, -0.15) is 0 Å². The highest BCUT2D eigenvalue weighted by Gasteiger charge is 2.14. The average molecular weight is 400 g/mol. The van der Waals surface area contributed by atoms with Crippen molar-refractivity contribution in [2.75, 3.05) is 5.32 Å². The van der Waals surface area contributed by atoms with Gasteiger partial charge in [-0.3, -0.25) is 0 Å². The number of hydrogen-bond acceptors (Lipinski definition) is 4. The van der Waals surface area contributed by atoms with Crippen molar-refractivity contribution in [1.82, 2.24) is 9.97 Å². The van der Waals surface area contributed by atoms with E-state index in [0.29, 0.717) is 0 Å². The molecule has 0 bridgehead atoms. The minimum Gasteiger partial charge on any atom is -0.339 e. The number of nitrogens with one attached hydrogen (secondary N) is 1. The molecule has 0 fully saturated rings. The molecule has 0 amide bonds. The van der Waals surface area contributed by atoms with Gasteiger partial charge in [-0.15, -0.1) is 11.3 Å². The molecule has 118 valence electrons. The monoisotopic (exact) mass is 399 g/mol. The fourth-order valence-electron chi connectivity index (χ4n) is 2.50. The second kappa shape index (κ2) is 6.30. The van der Waals surface area contributed by atoms with Crippen molar-refractivity contribution in [1.29, 1.82) is 0 Å². The van der Waals surface area contributed by atoms with Crippen molar-refractivity contribution in [2.24, 2.45) is 0 Å². The molecule has 0 saturated heterocycles. The van der Waals surface area contributed by atoms with E-state index < -0.39 is 0 Å². The zero-order valence-electron chi connectivity index (χ0n) is 12.3. The molecule has 1 N–H and O–H groups in total. The van der Waals surface area contributed by atoms with Crippen LogP contribution >= 0.6 is 27.3 Å². The van der Waals surface area contributed by atoms with E-state index in [1.54, 1.807) is 29.8 Å². The molecule has 0 atom stereocenters. The van der Waals surface area contributed by atoms with Crippen molar-refractivity contribution in [3.05, 3.63) is 70.5 Å². The van der Waals surface area contributed by atoms with E-state index in [1.165, 1.54) is 12.1 Å². The van der Waals surface area contributed by atoms with Crippen LogP contribution in [0.4, 0.5) is 15.9 Å². The maximum absolute atomic E-state index is 13.2. The first kappa shape index (κ1) is 15.2. The number of para-hydroxylation sites is 1. The summed E-state index contributed by atoms with van der Waals surface area (Å²) in [7, 11) is 0. The number of hydrogen-bond donors (Lipinski definition) is 1. The van der Waals surface area contributed by atoms with Crippen LogP contribution in [0.15, 0.2) is 64.7 Å². The van der Waals surface area contributed by atoms with Crippen LogP contribution in [-0.4, -0.2) is 9.97 Å². The molecule has 0 unspecified atom stereocenters. The first-order valence-corrected chi connectivity index (χ1v) is 8.89. The summed E-state index contributed by atoms with van der Waals surface area (Å²) < 4.78 is 14.2. The Bertz CT molecular complexity index is 1010. The third kappa shape index (κ3) is 2.79. The van der Waals surface area contributed by atoms with Crippen molar-refractivity contribution in [3.63, 3.8) is 0 Å². The molecule has 3 nitrogen and oxygen atoms in total. The molecule has 0 aliphatic carbocycles. The van der Waals surface area contributed by atoms with Gasteiger partial charge in [-0.25, -0.2) is 14.4 Å². The third-order valence-corrected chi connectivity index (χ3v) is 5.23. The van der Waals surface area contributed by atoms with E-state index in [0.717, 1.165) is 37.3 Å². The number of benzene rings is 2. The molecule has 4 aromatic rings. The summed E-state index contributed by atoms with van der Waals surface area (Å²) in [6.07, 6.45) is 1.55. The number of aromatic nitrogens is 2. The molecular formula is C18H11BrFN3S. The van der Waals surface area contributed by atoms with Crippen LogP contribution in [-0.2, 0) is 0 Å². The molecule has 24 heavy (non-hydrogen) atoms. The fraction of sp³-hybridized carbons (Fsp3) is 0. The highest BCUT2D eigenvalue weighted by Crippen LogP contribution is 2.38. The predicted molar refractivity (Wildman–Crippen MR) is 100 cm³/mol. The predicted octanol–water partition coefficient (Wildman–Crippen LogP) is 6.00. The van der Waals surface area contributed by atoms with Gasteiger partial charge in [0.1, 0.15) is 22.8 Å². The van der Waals surface area contributed by atoms with Gasteiger partial charge in [0, 0.05) is 15.4 Å². The molecule has 0 spiro atoms. The van der Waals surface area contributed by atoms with Gasteiger partial charge < -0.3 is 5.32 Å². The first-order valence-electron chi connectivity index (χ1n) is 7.22. The van der Waals surface area contributed by atoms with Crippen molar-refractivity contribution in [3.8, 4) is 11.1 Å². The largest absolute Gasteiger partial charge is 0.339 e. The van der Waals surface area contributed by atoms with E-state index in [1.807, 2.05) is 29.6 Å². The maximum atomic E-state index is 13.2. The van der Waals surface area contributed by atoms with Gasteiger partial charge in [0.25, 0.3) is 0 Å².